The van der Waals surface area contributed by atoms with Gasteiger partial charge in [0, 0.05) is 10.3 Å². The first-order valence-corrected chi connectivity index (χ1v) is 11.3. The second kappa shape index (κ2) is 8.59. The number of aliphatic hydroxyl groups excluding tert-OH is 1. The number of nitrogens with zero attached hydrogens (tertiary/aromatic N) is 1. The predicted molar refractivity (Wildman–Crippen MR) is 117 cm³/mol. The Balaban J connectivity index is 1.73. The summed E-state index contributed by atoms with van der Waals surface area (Å²) in [4.78, 5) is 40.5. The molecule has 30 heavy (non-hydrogen) atoms. The summed E-state index contributed by atoms with van der Waals surface area (Å²) in [6.07, 6.45) is 0.818. The van der Waals surface area contributed by atoms with Crippen molar-refractivity contribution in [2.24, 2.45) is 5.92 Å². The average Bonchev–Trinajstić information content (AvgIpc) is 3.14. The highest BCUT2D eigenvalue weighted by atomic mass is 32.2. The lowest BCUT2D eigenvalue weighted by atomic mass is 9.99. The number of hydrogen-bond donors (Lipinski definition) is 3. The van der Waals surface area contributed by atoms with Crippen molar-refractivity contribution in [2.45, 2.75) is 69.3 Å². The number of hydrogen-bond acceptors (Lipinski definition) is 5. The lowest BCUT2D eigenvalue weighted by Crippen LogP contribution is -2.57. The van der Waals surface area contributed by atoms with E-state index in [0.717, 1.165) is 12.0 Å². The smallest absolute Gasteiger partial charge is 0.256 e. The van der Waals surface area contributed by atoms with Crippen molar-refractivity contribution >= 4 is 29.5 Å². The number of benzene rings is 1. The van der Waals surface area contributed by atoms with E-state index in [4.69, 9.17) is 0 Å². The maximum atomic E-state index is 13.2. The molecule has 5 atom stereocenters. The van der Waals surface area contributed by atoms with Gasteiger partial charge in [-0.05, 0) is 38.3 Å². The number of nitrogens with one attached hydrogen (secondary N) is 2. The van der Waals surface area contributed by atoms with Gasteiger partial charge in [0.1, 0.15) is 17.5 Å². The van der Waals surface area contributed by atoms with E-state index in [2.05, 4.69) is 10.6 Å². The third-order valence-corrected chi connectivity index (χ3v) is 7.69. The largest absolute Gasteiger partial charge is 0.394 e. The highest BCUT2D eigenvalue weighted by Gasteiger charge is 2.57. The fourth-order valence-electron chi connectivity index (χ4n) is 4.12. The highest BCUT2D eigenvalue weighted by Crippen LogP contribution is 2.56. The number of rotatable bonds is 7. The lowest BCUT2D eigenvalue weighted by molar-refractivity contribution is -0.132. The van der Waals surface area contributed by atoms with Gasteiger partial charge in [-0.15, -0.1) is 11.8 Å². The number of fused-ring (bicyclic) bond motifs is 3. The van der Waals surface area contributed by atoms with Crippen LogP contribution >= 0.6 is 11.8 Å². The Morgan fingerprint density at radius 2 is 1.90 bits per heavy atom. The van der Waals surface area contributed by atoms with Gasteiger partial charge in [0.2, 0.25) is 11.8 Å². The number of carbonyl (C=O) groups is 3. The zero-order valence-electron chi connectivity index (χ0n) is 18.1. The fraction of sp³-hybridized carbons (Fsp3) is 0.591. The second-order valence-electron chi connectivity index (χ2n) is 8.69. The molecule has 0 saturated carbocycles. The third-order valence-electron chi connectivity index (χ3n) is 6.15. The van der Waals surface area contributed by atoms with Crippen molar-refractivity contribution in [1.29, 1.82) is 0 Å². The topological polar surface area (TPSA) is 98.7 Å². The van der Waals surface area contributed by atoms with Gasteiger partial charge >= 0.3 is 0 Å². The molecule has 0 radical (unpaired) electrons. The quantitative estimate of drug-likeness (QED) is 0.611. The molecule has 0 unspecified atom stereocenters. The predicted octanol–water partition coefficient (Wildman–Crippen LogP) is 2.06. The molecule has 164 valence electrons. The van der Waals surface area contributed by atoms with E-state index in [0.29, 0.717) is 5.56 Å². The first-order valence-electron chi connectivity index (χ1n) is 10.4. The number of thioether (sulfide) groups is 1. The van der Waals surface area contributed by atoms with Gasteiger partial charge in [-0.25, -0.2) is 0 Å². The first-order chi connectivity index (χ1) is 14.1. The molecule has 2 aliphatic rings. The molecule has 1 aromatic rings. The molecule has 2 aliphatic heterocycles. The van der Waals surface area contributed by atoms with Crippen molar-refractivity contribution < 1.29 is 19.5 Å². The maximum absolute atomic E-state index is 13.2. The molecule has 0 spiro atoms. The fourth-order valence-corrected chi connectivity index (χ4v) is 5.71. The van der Waals surface area contributed by atoms with Crippen molar-refractivity contribution in [2.75, 3.05) is 6.61 Å². The minimum Gasteiger partial charge on any atom is -0.394 e. The summed E-state index contributed by atoms with van der Waals surface area (Å²) >= 11 is 1.59. The molecule has 3 rings (SSSR count). The summed E-state index contributed by atoms with van der Waals surface area (Å²) in [6.45, 7) is 9.31. The van der Waals surface area contributed by atoms with Crippen molar-refractivity contribution in [3.63, 3.8) is 0 Å². The third kappa shape index (κ3) is 3.95. The molecule has 3 amide bonds. The van der Waals surface area contributed by atoms with Crippen LogP contribution in [0.1, 0.15) is 62.3 Å². The minimum atomic E-state index is -0.782. The van der Waals surface area contributed by atoms with E-state index in [1.54, 1.807) is 29.7 Å². The van der Waals surface area contributed by atoms with Crippen LogP contribution in [0.2, 0.25) is 0 Å². The lowest BCUT2D eigenvalue weighted by Gasteiger charge is -2.31. The summed E-state index contributed by atoms with van der Waals surface area (Å²) in [7, 11) is 0. The van der Waals surface area contributed by atoms with Crippen LogP contribution in [0, 0.1) is 5.92 Å². The van der Waals surface area contributed by atoms with Crippen LogP contribution in [0.25, 0.3) is 0 Å². The van der Waals surface area contributed by atoms with Gasteiger partial charge in [0.25, 0.3) is 5.91 Å². The number of carbonyl (C=O) groups excluding carboxylic acids is 3. The van der Waals surface area contributed by atoms with Gasteiger partial charge < -0.3 is 20.6 Å². The van der Waals surface area contributed by atoms with Crippen molar-refractivity contribution in [3.05, 3.63) is 35.4 Å². The van der Waals surface area contributed by atoms with E-state index >= 15 is 0 Å². The van der Waals surface area contributed by atoms with Crippen molar-refractivity contribution in [3.8, 4) is 0 Å². The summed E-state index contributed by atoms with van der Waals surface area (Å²) < 4.78 is -0.501. The van der Waals surface area contributed by atoms with Crippen LogP contribution in [-0.2, 0) is 9.59 Å². The van der Waals surface area contributed by atoms with Gasteiger partial charge in [0.05, 0.1) is 12.6 Å². The van der Waals surface area contributed by atoms with Crippen LogP contribution in [-0.4, -0.2) is 57.2 Å². The molecule has 1 fully saturated rings. The normalized spacial score (nSPS) is 24.6. The Morgan fingerprint density at radius 1 is 1.23 bits per heavy atom. The van der Waals surface area contributed by atoms with Gasteiger partial charge in [-0.1, -0.05) is 38.5 Å². The monoisotopic (exact) mass is 433 g/mol. The van der Waals surface area contributed by atoms with Crippen LogP contribution < -0.4 is 10.6 Å². The molecule has 0 aliphatic carbocycles. The van der Waals surface area contributed by atoms with E-state index in [1.807, 2.05) is 45.9 Å². The van der Waals surface area contributed by atoms with Crippen LogP contribution in [0.5, 0.6) is 0 Å². The minimum absolute atomic E-state index is 0.119. The Hall–Kier alpha value is -2.06. The Morgan fingerprint density at radius 3 is 2.53 bits per heavy atom. The summed E-state index contributed by atoms with van der Waals surface area (Å²) in [5.41, 5.74) is 1.56. The van der Waals surface area contributed by atoms with Crippen LogP contribution in [0.4, 0.5) is 0 Å². The molecule has 0 bridgehead atoms. The molecule has 3 N–H and O–H groups in total. The standard InChI is InChI=1S/C22H31N3O4S/c1-6-12(2)16(11-26)24-18(27)13(3)23-19(28)17-22(4,5)30-21-15-10-8-7-9-14(15)20(29)25(17)21/h7-10,12-13,16-17,21,26H,6,11H2,1-5H3,(H,23,28)(H,24,27)/t12-,13+,16-,17+,21-/m1/s1. The van der Waals surface area contributed by atoms with Crippen LogP contribution in [0.15, 0.2) is 24.3 Å². The van der Waals surface area contributed by atoms with E-state index in [-0.39, 0.29) is 41.7 Å². The molecule has 1 aromatic carbocycles. The van der Waals surface area contributed by atoms with Crippen LogP contribution in [0.3, 0.4) is 0 Å². The zero-order valence-corrected chi connectivity index (χ0v) is 19.0. The molecule has 2 heterocycles. The van der Waals surface area contributed by atoms with Gasteiger partial charge in [-0.2, -0.15) is 0 Å². The molecular weight excluding hydrogens is 402 g/mol. The Labute approximate surface area is 182 Å². The number of aliphatic hydroxyl groups is 1. The van der Waals surface area contributed by atoms with Gasteiger partial charge in [-0.3, -0.25) is 14.4 Å². The molecule has 0 aromatic heterocycles. The first kappa shape index (κ1) is 22.6. The summed E-state index contributed by atoms with van der Waals surface area (Å²) in [5.74, 6) is -0.724. The highest BCUT2D eigenvalue weighted by molar-refractivity contribution is 8.01. The molecule has 8 heteroatoms. The van der Waals surface area contributed by atoms with Crippen molar-refractivity contribution in [1.82, 2.24) is 15.5 Å². The SMILES string of the molecule is CC[C@@H](C)[C@@H](CO)NC(=O)[C@H](C)NC(=O)[C@@H]1N2C(=O)c3ccccc3[C@H]2SC1(C)C. The molecule has 7 nitrogen and oxygen atoms in total. The Bertz CT molecular complexity index is 843. The second-order valence-corrected chi connectivity index (χ2v) is 10.4. The summed E-state index contributed by atoms with van der Waals surface area (Å²) in [5, 5.41) is 14.9. The van der Waals surface area contributed by atoms with E-state index in [9.17, 15) is 19.5 Å². The Kier molecular flexibility index (Phi) is 6.48. The van der Waals surface area contributed by atoms with Gasteiger partial charge in [0.15, 0.2) is 0 Å². The zero-order chi connectivity index (χ0) is 22.2. The number of amides is 3. The van der Waals surface area contributed by atoms with E-state index in [1.165, 1.54) is 0 Å². The molecule has 1 saturated heterocycles. The van der Waals surface area contributed by atoms with E-state index < -0.39 is 16.8 Å². The average molecular weight is 434 g/mol. The maximum Gasteiger partial charge on any atom is 0.256 e. The molecular formula is C22H31N3O4S. The summed E-state index contributed by atoms with van der Waals surface area (Å²) in [6, 6.07) is 5.61.